The molecule has 17 heavy (non-hydrogen) atoms. The van der Waals surface area contributed by atoms with Crippen molar-refractivity contribution >= 4 is 5.84 Å². The molecule has 1 aromatic carbocycles. The van der Waals surface area contributed by atoms with Crippen molar-refractivity contribution in [1.29, 1.82) is 5.41 Å². The molecular formula is C13H18N2O2. The van der Waals surface area contributed by atoms with Gasteiger partial charge in [0.05, 0.1) is 11.7 Å². The van der Waals surface area contributed by atoms with Crippen LogP contribution in [-0.2, 0) is 4.74 Å². The lowest BCUT2D eigenvalue weighted by Gasteiger charge is -2.23. The Balaban J connectivity index is 1.96. The van der Waals surface area contributed by atoms with Crippen LogP contribution in [0.15, 0.2) is 24.3 Å². The van der Waals surface area contributed by atoms with Crippen molar-refractivity contribution in [2.24, 2.45) is 5.73 Å². The van der Waals surface area contributed by atoms with Crippen LogP contribution in [0.5, 0.6) is 5.75 Å². The number of ether oxygens (including phenoxy) is 2. The number of hydrogen-bond acceptors (Lipinski definition) is 3. The third kappa shape index (κ3) is 3.20. The van der Waals surface area contributed by atoms with Crippen LogP contribution in [-0.4, -0.2) is 25.2 Å². The number of nitrogens with two attached hydrogens (primary N) is 1. The number of para-hydroxylation sites is 1. The van der Waals surface area contributed by atoms with E-state index in [0.29, 0.717) is 17.9 Å². The second kappa shape index (κ2) is 5.68. The molecule has 2 rings (SSSR count). The fraction of sp³-hybridized carbons (Fsp3) is 0.462. The molecule has 4 nitrogen and oxygen atoms in total. The van der Waals surface area contributed by atoms with E-state index in [0.717, 1.165) is 19.4 Å². The molecule has 1 fully saturated rings. The number of amidine groups is 1. The number of benzene rings is 1. The molecule has 0 spiro atoms. The van der Waals surface area contributed by atoms with Crippen LogP contribution in [0.1, 0.15) is 24.8 Å². The minimum absolute atomic E-state index is 0.0326. The summed E-state index contributed by atoms with van der Waals surface area (Å²) in [6.07, 6.45) is 3.55. The molecule has 1 heterocycles. The molecule has 1 aliphatic heterocycles. The fourth-order valence-electron chi connectivity index (χ4n) is 1.94. The Morgan fingerprint density at radius 3 is 2.94 bits per heavy atom. The van der Waals surface area contributed by atoms with Gasteiger partial charge in [-0.3, -0.25) is 5.41 Å². The highest BCUT2D eigenvalue weighted by Gasteiger charge is 2.15. The molecule has 4 heteroatoms. The third-order valence-corrected chi connectivity index (χ3v) is 2.88. The van der Waals surface area contributed by atoms with E-state index in [-0.39, 0.29) is 11.9 Å². The van der Waals surface area contributed by atoms with Gasteiger partial charge in [0.1, 0.15) is 18.2 Å². The van der Waals surface area contributed by atoms with Crippen LogP contribution in [0.4, 0.5) is 0 Å². The highest BCUT2D eigenvalue weighted by atomic mass is 16.5. The number of rotatable bonds is 4. The smallest absolute Gasteiger partial charge is 0.130 e. The lowest BCUT2D eigenvalue weighted by atomic mass is 10.1. The quantitative estimate of drug-likeness (QED) is 0.617. The van der Waals surface area contributed by atoms with Gasteiger partial charge in [-0.2, -0.15) is 0 Å². The largest absolute Gasteiger partial charge is 0.490 e. The van der Waals surface area contributed by atoms with Gasteiger partial charge in [0.25, 0.3) is 0 Å². The molecule has 1 unspecified atom stereocenters. The molecule has 3 N–H and O–H groups in total. The van der Waals surface area contributed by atoms with Crippen LogP contribution < -0.4 is 10.5 Å². The SMILES string of the molecule is N=C(N)c1ccccc1OCC1CCCCO1. The zero-order valence-corrected chi connectivity index (χ0v) is 9.82. The van der Waals surface area contributed by atoms with Gasteiger partial charge in [0.2, 0.25) is 0 Å². The van der Waals surface area contributed by atoms with Gasteiger partial charge in [-0.1, -0.05) is 12.1 Å². The summed E-state index contributed by atoms with van der Waals surface area (Å²) >= 11 is 0. The first-order valence-electron chi connectivity index (χ1n) is 5.95. The third-order valence-electron chi connectivity index (χ3n) is 2.88. The molecule has 0 amide bonds. The first-order chi connectivity index (χ1) is 8.27. The van der Waals surface area contributed by atoms with Gasteiger partial charge >= 0.3 is 0 Å². The van der Waals surface area contributed by atoms with Gasteiger partial charge < -0.3 is 15.2 Å². The highest BCUT2D eigenvalue weighted by molar-refractivity contribution is 5.97. The van der Waals surface area contributed by atoms with E-state index in [1.165, 1.54) is 6.42 Å². The summed E-state index contributed by atoms with van der Waals surface area (Å²) in [4.78, 5) is 0. The monoisotopic (exact) mass is 234 g/mol. The minimum Gasteiger partial charge on any atom is -0.490 e. The van der Waals surface area contributed by atoms with E-state index in [2.05, 4.69) is 0 Å². The molecule has 1 aromatic rings. The summed E-state index contributed by atoms with van der Waals surface area (Å²) in [6, 6.07) is 7.35. The van der Waals surface area contributed by atoms with E-state index in [9.17, 15) is 0 Å². The Bertz CT molecular complexity index is 387. The topological polar surface area (TPSA) is 68.3 Å². The first-order valence-corrected chi connectivity index (χ1v) is 5.95. The zero-order chi connectivity index (χ0) is 12.1. The van der Waals surface area contributed by atoms with Gasteiger partial charge in [-0.15, -0.1) is 0 Å². The lowest BCUT2D eigenvalue weighted by molar-refractivity contribution is -0.0111. The van der Waals surface area contributed by atoms with Crippen LogP contribution in [0.25, 0.3) is 0 Å². The summed E-state index contributed by atoms with van der Waals surface area (Å²) in [7, 11) is 0. The van der Waals surface area contributed by atoms with Crippen LogP contribution in [0, 0.1) is 5.41 Å². The van der Waals surface area contributed by atoms with E-state index < -0.39 is 0 Å². The lowest BCUT2D eigenvalue weighted by Crippen LogP contribution is -2.26. The van der Waals surface area contributed by atoms with E-state index in [1.54, 1.807) is 6.07 Å². The number of nitrogens with one attached hydrogen (secondary N) is 1. The molecule has 1 aliphatic rings. The maximum absolute atomic E-state index is 7.47. The van der Waals surface area contributed by atoms with E-state index >= 15 is 0 Å². The molecular weight excluding hydrogens is 216 g/mol. The number of nitrogen functional groups attached to an aromatic ring is 1. The fourth-order valence-corrected chi connectivity index (χ4v) is 1.94. The average Bonchev–Trinajstić information content (AvgIpc) is 2.38. The average molecular weight is 234 g/mol. The molecule has 92 valence electrons. The van der Waals surface area contributed by atoms with Crippen LogP contribution in [0.3, 0.4) is 0 Å². The Morgan fingerprint density at radius 1 is 1.41 bits per heavy atom. The van der Waals surface area contributed by atoms with Gasteiger partial charge in [0.15, 0.2) is 0 Å². The molecule has 0 bridgehead atoms. The predicted molar refractivity (Wildman–Crippen MR) is 66.5 cm³/mol. The molecule has 0 aliphatic carbocycles. The standard InChI is InChI=1S/C13H18N2O2/c14-13(15)11-6-1-2-7-12(11)17-9-10-5-3-4-8-16-10/h1-2,6-7,10H,3-5,8-9H2,(H3,14,15). The number of hydrogen-bond donors (Lipinski definition) is 2. The van der Waals surface area contributed by atoms with Crippen molar-refractivity contribution in [1.82, 2.24) is 0 Å². The second-order valence-corrected chi connectivity index (χ2v) is 4.21. The van der Waals surface area contributed by atoms with Gasteiger partial charge in [-0.25, -0.2) is 0 Å². The van der Waals surface area contributed by atoms with Crippen molar-refractivity contribution in [3.63, 3.8) is 0 Å². The molecule has 1 atom stereocenters. The normalized spacial score (nSPS) is 19.9. The summed E-state index contributed by atoms with van der Waals surface area (Å²) in [5.41, 5.74) is 6.14. The molecule has 0 radical (unpaired) electrons. The first kappa shape index (κ1) is 11.9. The molecule has 1 saturated heterocycles. The maximum Gasteiger partial charge on any atom is 0.130 e. The van der Waals surface area contributed by atoms with Crippen molar-refractivity contribution in [3.8, 4) is 5.75 Å². The second-order valence-electron chi connectivity index (χ2n) is 4.21. The van der Waals surface area contributed by atoms with Crippen molar-refractivity contribution in [2.45, 2.75) is 25.4 Å². The highest BCUT2D eigenvalue weighted by Crippen LogP contribution is 2.19. The summed E-state index contributed by atoms with van der Waals surface area (Å²) in [5.74, 6) is 0.694. The minimum atomic E-state index is 0.0326. The summed E-state index contributed by atoms with van der Waals surface area (Å²) in [5, 5.41) is 7.47. The Kier molecular flexibility index (Phi) is 3.98. The maximum atomic E-state index is 7.47. The molecule has 0 saturated carbocycles. The van der Waals surface area contributed by atoms with E-state index in [1.807, 2.05) is 18.2 Å². The Morgan fingerprint density at radius 2 is 2.24 bits per heavy atom. The van der Waals surface area contributed by atoms with Crippen molar-refractivity contribution < 1.29 is 9.47 Å². The van der Waals surface area contributed by atoms with Crippen LogP contribution in [0.2, 0.25) is 0 Å². The van der Waals surface area contributed by atoms with E-state index in [4.69, 9.17) is 20.6 Å². The Hall–Kier alpha value is -1.55. The predicted octanol–water partition coefficient (Wildman–Crippen LogP) is 1.92. The van der Waals surface area contributed by atoms with Crippen molar-refractivity contribution in [3.05, 3.63) is 29.8 Å². The zero-order valence-electron chi connectivity index (χ0n) is 9.82. The molecule has 0 aromatic heterocycles. The van der Waals surface area contributed by atoms with Gasteiger partial charge in [-0.05, 0) is 31.4 Å². The van der Waals surface area contributed by atoms with Crippen molar-refractivity contribution in [2.75, 3.05) is 13.2 Å². The summed E-state index contributed by atoms with van der Waals surface area (Å²) in [6.45, 7) is 1.35. The summed E-state index contributed by atoms with van der Waals surface area (Å²) < 4.78 is 11.3. The van der Waals surface area contributed by atoms with Gasteiger partial charge in [0, 0.05) is 6.61 Å². The Labute approximate surface area is 101 Å². The van der Waals surface area contributed by atoms with Crippen LogP contribution >= 0.6 is 0 Å².